The molecule has 0 fully saturated rings. The lowest BCUT2D eigenvalue weighted by atomic mass is 9.97. The highest BCUT2D eigenvalue weighted by molar-refractivity contribution is 7.21. The third kappa shape index (κ3) is 5.75. The second-order valence-electron chi connectivity index (χ2n) is 16.0. The van der Waals surface area contributed by atoms with Gasteiger partial charge in [-0.3, -0.25) is 13.7 Å². The van der Waals surface area contributed by atoms with Gasteiger partial charge in [0, 0.05) is 44.4 Å². The van der Waals surface area contributed by atoms with Crippen LogP contribution in [0.2, 0.25) is 0 Å². The number of nitrogens with zero attached hydrogens (tertiary/aromatic N) is 6. The van der Waals surface area contributed by atoms with Gasteiger partial charge in [-0.05, 0) is 71.8 Å². The molecule has 0 amide bonds. The minimum absolute atomic E-state index is 0.907. The molecule has 0 spiro atoms. The summed E-state index contributed by atoms with van der Waals surface area (Å²) in [6.07, 6.45) is 0. The minimum atomic E-state index is 0.907. The van der Waals surface area contributed by atoms with Gasteiger partial charge >= 0.3 is 0 Å². The van der Waals surface area contributed by atoms with Crippen molar-refractivity contribution in [3.8, 4) is 61.5 Å². The van der Waals surface area contributed by atoms with Crippen molar-refractivity contribution in [3.63, 3.8) is 0 Å². The van der Waals surface area contributed by atoms with Crippen LogP contribution in [0.5, 0.6) is 0 Å². The smallest absolute Gasteiger partial charge is 0.195 e. The van der Waals surface area contributed by atoms with Gasteiger partial charge in [0.1, 0.15) is 11.6 Å². The molecule has 0 radical (unpaired) electrons. The average Bonchev–Trinajstić information content (AvgIpc) is 4.15. The van der Waals surface area contributed by atoms with Crippen LogP contribution in [0.15, 0.2) is 218 Å². The normalized spacial score (nSPS) is 11.8. The molecule has 300 valence electrons. The fraction of sp³-hybridized carbons (Fsp3) is 0. The molecule has 64 heavy (non-hydrogen) atoms. The summed E-state index contributed by atoms with van der Waals surface area (Å²) >= 11 is 1.74. The van der Waals surface area contributed by atoms with E-state index in [9.17, 15) is 0 Å². The van der Waals surface area contributed by atoms with Gasteiger partial charge in [0.2, 0.25) is 0 Å². The van der Waals surface area contributed by atoms with E-state index in [-0.39, 0.29) is 0 Å². The van der Waals surface area contributed by atoms with Crippen LogP contribution in [0.1, 0.15) is 0 Å². The molecule has 7 heteroatoms. The Morgan fingerprint density at radius 3 is 1.23 bits per heavy atom. The molecule has 13 aromatic rings. The van der Waals surface area contributed by atoms with E-state index in [1.807, 2.05) is 18.2 Å². The highest BCUT2D eigenvalue weighted by atomic mass is 32.1. The SMILES string of the molecule is c1ccc(-n2c(-c3ccc(-c4ccc(-c5ccc(-c6nc7ccccc7n6-c6ccccc6)cc5)c5sc(-n6c7ccccc7c7ccccc76)nc45)cc3)nc3ccccc32)cc1. The molecule has 0 saturated carbocycles. The van der Waals surface area contributed by atoms with E-state index in [0.717, 1.165) is 105 Å². The molecule has 0 atom stereocenters. The standard InChI is InChI=1S/C57H36N6S/c1-3-15-41(16-4-1)61-51-25-13-9-21-47(51)58-55(61)39-31-27-37(28-32-39)43-35-36-44(54-53(43)60-57(64-54)63-49-23-11-7-19-45(49)46-20-8-12-24-50(46)63)38-29-33-40(34-30-38)56-59-48-22-10-14-26-52(48)62(56)42-17-5-2-6-18-42/h1-36H. The molecule has 0 bridgehead atoms. The maximum Gasteiger partial charge on any atom is 0.195 e. The molecule has 0 aliphatic heterocycles. The summed E-state index contributed by atoms with van der Waals surface area (Å²) in [7, 11) is 0. The predicted octanol–water partition coefficient (Wildman–Crippen LogP) is 14.7. The first kappa shape index (κ1) is 36.3. The predicted molar refractivity (Wildman–Crippen MR) is 265 cm³/mol. The van der Waals surface area contributed by atoms with Gasteiger partial charge < -0.3 is 0 Å². The van der Waals surface area contributed by atoms with Crippen molar-refractivity contribution in [2.45, 2.75) is 0 Å². The number of aromatic nitrogens is 6. The quantitative estimate of drug-likeness (QED) is 0.161. The summed E-state index contributed by atoms with van der Waals surface area (Å²) in [4.78, 5) is 15.8. The van der Waals surface area contributed by atoms with Crippen molar-refractivity contribution in [2.75, 3.05) is 0 Å². The molecule has 13 rings (SSSR count). The Morgan fingerprint density at radius 2 is 0.719 bits per heavy atom. The third-order valence-electron chi connectivity index (χ3n) is 12.4. The van der Waals surface area contributed by atoms with Crippen LogP contribution in [0.3, 0.4) is 0 Å². The van der Waals surface area contributed by atoms with E-state index in [0.29, 0.717) is 0 Å². The monoisotopic (exact) mass is 836 g/mol. The third-order valence-corrected chi connectivity index (χ3v) is 13.4. The van der Waals surface area contributed by atoms with Gasteiger partial charge in [0.05, 0.1) is 43.3 Å². The number of benzene rings is 9. The Bertz CT molecular complexity index is 3630. The Kier molecular flexibility index (Phi) is 8.29. The summed E-state index contributed by atoms with van der Waals surface area (Å²) in [5, 5.41) is 3.36. The van der Waals surface area contributed by atoms with Crippen molar-refractivity contribution < 1.29 is 0 Å². The first-order chi connectivity index (χ1) is 31.7. The summed E-state index contributed by atoms with van der Waals surface area (Å²) in [6.45, 7) is 0. The largest absolute Gasteiger partial charge is 0.292 e. The van der Waals surface area contributed by atoms with Gasteiger partial charge in [-0.1, -0.05) is 169 Å². The summed E-state index contributed by atoms with van der Waals surface area (Å²) in [5.74, 6) is 1.82. The first-order valence-corrected chi connectivity index (χ1v) is 22.3. The fourth-order valence-electron chi connectivity index (χ4n) is 9.39. The summed E-state index contributed by atoms with van der Waals surface area (Å²) in [6, 6.07) is 77.1. The zero-order chi connectivity index (χ0) is 42.1. The maximum atomic E-state index is 5.57. The van der Waals surface area contributed by atoms with E-state index in [1.54, 1.807) is 11.3 Å². The van der Waals surface area contributed by atoms with Crippen LogP contribution in [0.4, 0.5) is 0 Å². The molecule has 4 heterocycles. The van der Waals surface area contributed by atoms with Gasteiger partial charge in [0.15, 0.2) is 5.13 Å². The number of fused-ring (bicyclic) bond motifs is 6. The average molecular weight is 837 g/mol. The summed E-state index contributed by atoms with van der Waals surface area (Å²) < 4.78 is 7.96. The van der Waals surface area contributed by atoms with E-state index < -0.39 is 0 Å². The molecule has 0 saturated heterocycles. The highest BCUT2D eigenvalue weighted by Crippen LogP contribution is 2.43. The summed E-state index contributed by atoms with van der Waals surface area (Å²) in [5.41, 5.74) is 16.0. The molecule has 0 unspecified atom stereocenters. The number of hydrogen-bond donors (Lipinski definition) is 0. The fourth-order valence-corrected chi connectivity index (χ4v) is 10.5. The molecule has 9 aromatic carbocycles. The zero-order valence-corrected chi connectivity index (χ0v) is 35.2. The van der Waals surface area contributed by atoms with Crippen LogP contribution in [0.25, 0.3) is 116 Å². The van der Waals surface area contributed by atoms with Crippen LogP contribution >= 0.6 is 11.3 Å². The lowest BCUT2D eigenvalue weighted by Gasteiger charge is -2.12. The molecule has 0 N–H and O–H groups in total. The molecular weight excluding hydrogens is 801 g/mol. The lowest BCUT2D eigenvalue weighted by Crippen LogP contribution is -1.97. The Balaban J connectivity index is 0.965. The molecule has 0 aliphatic carbocycles. The van der Waals surface area contributed by atoms with Gasteiger partial charge in [0.25, 0.3) is 0 Å². The maximum absolute atomic E-state index is 5.57. The molecule has 4 aromatic heterocycles. The Morgan fingerprint density at radius 1 is 0.312 bits per heavy atom. The van der Waals surface area contributed by atoms with E-state index in [4.69, 9.17) is 15.0 Å². The number of hydrogen-bond acceptors (Lipinski definition) is 4. The molecule has 6 nitrogen and oxygen atoms in total. The van der Waals surface area contributed by atoms with Gasteiger partial charge in [-0.25, -0.2) is 15.0 Å². The Hall–Kier alpha value is -8.39. The minimum Gasteiger partial charge on any atom is -0.292 e. The lowest BCUT2D eigenvalue weighted by molar-refractivity contribution is 1.10. The van der Waals surface area contributed by atoms with Gasteiger partial charge in [-0.15, -0.1) is 0 Å². The van der Waals surface area contributed by atoms with E-state index >= 15 is 0 Å². The van der Waals surface area contributed by atoms with Crippen molar-refractivity contribution in [1.29, 1.82) is 0 Å². The second kappa shape index (κ2) is 14.6. The second-order valence-corrected chi connectivity index (χ2v) is 17.0. The number of rotatable bonds is 7. The molecular formula is C57H36N6S. The van der Waals surface area contributed by atoms with Crippen LogP contribution in [-0.2, 0) is 0 Å². The first-order valence-electron chi connectivity index (χ1n) is 21.4. The van der Waals surface area contributed by atoms with Crippen molar-refractivity contribution in [1.82, 2.24) is 28.7 Å². The van der Waals surface area contributed by atoms with Crippen LogP contribution in [-0.4, -0.2) is 28.7 Å². The van der Waals surface area contributed by atoms with E-state index in [2.05, 4.69) is 214 Å². The van der Waals surface area contributed by atoms with Crippen molar-refractivity contribution in [2.24, 2.45) is 0 Å². The number of thiazole rings is 1. The number of imidazole rings is 2. The topological polar surface area (TPSA) is 53.5 Å². The number of para-hydroxylation sites is 8. The van der Waals surface area contributed by atoms with E-state index in [1.165, 1.54) is 10.8 Å². The zero-order valence-electron chi connectivity index (χ0n) is 34.4. The van der Waals surface area contributed by atoms with Crippen molar-refractivity contribution >= 4 is 65.4 Å². The Labute approximate surface area is 372 Å². The van der Waals surface area contributed by atoms with Crippen LogP contribution < -0.4 is 0 Å². The van der Waals surface area contributed by atoms with Gasteiger partial charge in [-0.2, -0.15) is 0 Å². The highest BCUT2D eigenvalue weighted by Gasteiger charge is 2.21. The molecule has 0 aliphatic rings. The van der Waals surface area contributed by atoms with Crippen LogP contribution in [0, 0.1) is 0 Å². The van der Waals surface area contributed by atoms with Crippen molar-refractivity contribution in [3.05, 3.63) is 218 Å².